The van der Waals surface area contributed by atoms with Crippen molar-refractivity contribution in [3.8, 4) is 5.75 Å². The molecule has 1 aliphatic carbocycles. The van der Waals surface area contributed by atoms with E-state index in [1.807, 2.05) is 42.5 Å². The van der Waals surface area contributed by atoms with Gasteiger partial charge < -0.3 is 9.84 Å². The smallest absolute Gasteiger partial charge is 0.122 e. The Bertz CT molecular complexity index is 573. The van der Waals surface area contributed by atoms with Crippen LogP contribution in [0.3, 0.4) is 0 Å². The van der Waals surface area contributed by atoms with Crippen LogP contribution in [0.2, 0.25) is 0 Å². The Morgan fingerprint density at radius 2 is 1.70 bits per heavy atom. The number of hydrogen-bond acceptors (Lipinski definition) is 2. The van der Waals surface area contributed by atoms with E-state index < -0.39 is 0 Å². The summed E-state index contributed by atoms with van der Waals surface area (Å²) in [5, 5.41) is 10.7. The monoisotopic (exact) mass is 268 g/mol. The summed E-state index contributed by atoms with van der Waals surface area (Å²) in [7, 11) is 1.68. The maximum Gasteiger partial charge on any atom is 0.122 e. The van der Waals surface area contributed by atoms with E-state index in [1.54, 1.807) is 7.11 Å². The van der Waals surface area contributed by atoms with Crippen LogP contribution in [-0.2, 0) is 11.8 Å². The molecule has 3 rings (SSSR count). The highest BCUT2D eigenvalue weighted by Gasteiger charge is 2.50. The molecule has 1 aliphatic rings. The molecule has 1 N–H and O–H groups in total. The number of methoxy groups -OCH3 is 1. The lowest BCUT2D eigenvalue weighted by molar-refractivity contribution is 0.131. The largest absolute Gasteiger partial charge is 0.496 e. The summed E-state index contributed by atoms with van der Waals surface area (Å²) in [6.45, 7) is 0. The molecule has 1 saturated carbocycles. The first-order valence-corrected chi connectivity index (χ1v) is 7.12. The first-order valence-electron chi connectivity index (χ1n) is 7.12. The van der Waals surface area contributed by atoms with Crippen LogP contribution in [-0.4, -0.2) is 18.3 Å². The van der Waals surface area contributed by atoms with Crippen LogP contribution in [0.15, 0.2) is 54.6 Å². The number of aliphatic hydroxyl groups is 1. The van der Waals surface area contributed by atoms with Crippen molar-refractivity contribution in [1.82, 2.24) is 0 Å². The molecular weight excluding hydrogens is 248 g/mol. The minimum absolute atomic E-state index is 0.0535. The fourth-order valence-electron chi connectivity index (χ4n) is 2.99. The number of ether oxygens (including phenoxy) is 1. The molecule has 0 aromatic heterocycles. The van der Waals surface area contributed by atoms with E-state index >= 15 is 0 Å². The van der Waals surface area contributed by atoms with E-state index in [1.165, 1.54) is 5.56 Å². The minimum atomic E-state index is -0.360. The Morgan fingerprint density at radius 3 is 2.35 bits per heavy atom. The van der Waals surface area contributed by atoms with Crippen LogP contribution < -0.4 is 4.74 Å². The van der Waals surface area contributed by atoms with Crippen LogP contribution in [0.25, 0.3) is 0 Å². The maximum atomic E-state index is 10.7. The highest BCUT2D eigenvalue weighted by molar-refractivity contribution is 5.37. The lowest BCUT2D eigenvalue weighted by Crippen LogP contribution is -2.28. The first kappa shape index (κ1) is 13.2. The third-order valence-corrected chi connectivity index (χ3v) is 4.38. The van der Waals surface area contributed by atoms with Crippen LogP contribution in [0.5, 0.6) is 5.75 Å². The summed E-state index contributed by atoms with van der Waals surface area (Å²) in [6.07, 6.45) is 2.40. The van der Waals surface area contributed by atoms with Gasteiger partial charge in [-0.3, -0.25) is 0 Å². The van der Waals surface area contributed by atoms with Crippen molar-refractivity contribution >= 4 is 0 Å². The lowest BCUT2D eigenvalue weighted by Gasteiger charge is -2.23. The van der Waals surface area contributed by atoms with Crippen molar-refractivity contribution in [3.05, 3.63) is 65.7 Å². The molecule has 0 saturated heterocycles. The van der Waals surface area contributed by atoms with Gasteiger partial charge >= 0.3 is 0 Å². The summed E-state index contributed by atoms with van der Waals surface area (Å²) < 4.78 is 5.37. The summed E-state index contributed by atoms with van der Waals surface area (Å²) in [5.74, 6) is 0.857. The molecule has 0 bridgehead atoms. The van der Waals surface area contributed by atoms with E-state index in [0.29, 0.717) is 6.42 Å². The summed E-state index contributed by atoms with van der Waals surface area (Å²) >= 11 is 0. The summed E-state index contributed by atoms with van der Waals surface area (Å²) in [6, 6.07) is 18.3. The molecule has 2 nitrogen and oxygen atoms in total. The normalized spacial score (nSPS) is 17.5. The fraction of sp³-hybridized carbons (Fsp3) is 0.333. The standard InChI is InChI=1S/C18H20O2/c1-20-16-10-6-5-7-14(16)13-17(19)18(11-12-18)15-8-3-2-4-9-15/h2-10,17,19H,11-13H2,1H3. The maximum absolute atomic E-state index is 10.7. The Balaban J connectivity index is 1.82. The second-order valence-electron chi connectivity index (χ2n) is 5.55. The second-order valence-corrected chi connectivity index (χ2v) is 5.55. The molecule has 1 fully saturated rings. The summed E-state index contributed by atoms with van der Waals surface area (Å²) in [5.41, 5.74) is 2.27. The Kier molecular flexibility index (Phi) is 3.49. The van der Waals surface area contributed by atoms with Crippen LogP contribution in [0, 0.1) is 0 Å². The SMILES string of the molecule is COc1ccccc1CC(O)C1(c2ccccc2)CC1. The van der Waals surface area contributed by atoms with Gasteiger partial charge in [-0.25, -0.2) is 0 Å². The highest BCUT2D eigenvalue weighted by Crippen LogP contribution is 2.51. The molecular formula is C18H20O2. The molecule has 20 heavy (non-hydrogen) atoms. The zero-order valence-electron chi connectivity index (χ0n) is 11.8. The third kappa shape index (κ3) is 2.32. The number of aliphatic hydroxyl groups excluding tert-OH is 1. The number of hydrogen-bond donors (Lipinski definition) is 1. The molecule has 0 amide bonds. The fourth-order valence-corrected chi connectivity index (χ4v) is 2.99. The average Bonchev–Trinajstić information content (AvgIpc) is 3.30. The third-order valence-electron chi connectivity index (χ3n) is 4.38. The van der Waals surface area contributed by atoms with Gasteiger partial charge in [-0.2, -0.15) is 0 Å². The molecule has 0 spiro atoms. The Labute approximate surface area is 120 Å². The van der Waals surface area contributed by atoms with Crippen molar-refractivity contribution in [2.45, 2.75) is 30.8 Å². The van der Waals surface area contributed by atoms with Crippen molar-refractivity contribution in [2.24, 2.45) is 0 Å². The molecule has 1 atom stereocenters. The van der Waals surface area contributed by atoms with Crippen molar-refractivity contribution in [2.75, 3.05) is 7.11 Å². The van der Waals surface area contributed by atoms with Gasteiger partial charge in [0.25, 0.3) is 0 Å². The van der Waals surface area contributed by atoms with Crippen molar-refractivity contribution in [1.29, 1.82) is 0 Å². The van der Waals surface area contributed by atoms with Gasteiger partial charge in [0, 0.05) is 11.8 Å². The van der Waals surface area contributed by atoms with Crippen LogP contribution in [0.4, 0.5) is 0 Å². The molecule has 2 aromatic rings. The molecule has 0 radical (unpaired) electrons. The van der Waals surface area contributed by atoms with E-state index in [-0.39, 0.29) is 11.5 Å². The predicted molar refractivity (Wildman–Crippen MR) is 80.1 cm³/mol. The van der Waals surface area contributed by atoms with E-state index in [2.05, 4.69) is 12.1 Å². The zero-order chi connectivity index (χ0) is 14.0. The van der Waals surface area contributed by atoms with Crippen molar-refractivity contribution in [3.63, 3.8) is 0 Å². The van der Waals surface area contributed by atoms with Gasteiger partial charge in [0.15, 0.2) is 0 Å². The minimum Gasteiger partial charge on any atom is -0.496 e. The van der Waals surface area contributed by atoms with Crippen LogP contribution >= 0.6 is 0 Å². The Hall–Kier alpha value is -1.80. The van der Waals surface area contributed by atoms with Gasteiger partial charge in [-0.15, -0.1) is 0 Å². The summed E-state index contributed by atoms with van der Waals surface area (Å²) in [4.78, 5) is 0. The van der Waals surface area contributed by atoms with E-state index in [9.17, 15) is 5.11 Å². The van der Waals surface area contributed by atoms with Gasteiger partial charge in [-0.1, -0.05) is 48.5 Å². The average molecular weight is 268 g/mol. The van der Waals surface area contributed by atoms with Gasteiger partial charge in [0.05, 0.1) is 13.2 Å². The van der Waals surface area contributed by atoms with Crippen molar-refractivity contribution < 1.29 is 9.84 Å². The molecule has 0 heterocycles. The first-order chi connectivity index (χ1) is 9.76. The Morgan fingerprint density at radius 1 is 1.05 bits per heavy atom. The quantitative estimate of drug-likeness (QED) is 0.901. The van der Waals surface area contributed by atoms with E-state index in [4.69, 9.17) is 4.74 Å². The topological polar surface area (TPSA) is 29.5 Å². The predicted octanol–water partition coefficient (Wildman–Crippen LogP) is 3.33. The molecule has 2 heteroatoms. The molecule has 0 aliphatic heterocycles. The van der Waals surface area contributed by atoms with Gasteiger partial charge in [-0.05, 0) is 30.0 Å². The molecule has 2 aromatic carbocycles. The number of benzene rings is 2. The number of rotatable bonds is 5. The highest BCUT2D eigenvalue weighted by atomic mass is 16.5. The van der Waals surface area contributed by atoms with Gasteiger partial charge in [0.2, 0.25) is 0 Å². The van der Waals surface area contributed by atoms with Crippen LogP contribution in [0.1, 0.15) is 24.0 Å². The second kappa shape index (κ2) is 5.29. The van der Waals surface area contributed by atoms with Gasteiger partial charge in [0.1, 0.15) is 5.75 Å². The number of para-hydroxylation sites is 1. The van der Waals surface area contributed by atoms with E-state index in [0.717, 1.165) is 24.2 Å². The lowest BCUT2D eigenvalue weighted by atomic mass is 9.86. The molecule has 104 valence electrons. The molecule has 1 unspecified atom stereocenters. The zero-order valence-corrected chi connectivity index (χ0v) is 11.8.